The first-order valence-electron chi connectivity index (χ1n) is 4.87. The van der Waals surface area contributed by atoms with Gasteiger partial charge in [0.25, 0.3) is 5.56 Å². The Labute approximate surface area is 95.6 Å². The van der Waals surface area contributed by atoms with E-state index in [9.17, 15) is 14.5 Å². The molecule has 0 atom stereocenters. The first kappa shape index (κ1) is 11.0. The van der Waals surface area contributed by atoms with Crippen LogP contribution in [-0.4, -0.2) is 10.5 Å². The van der Waals surface area contributed by atoms with Gasteiger partial charge in [0, 0.05) is 17.0 Å². The first-order chi connectivity index (χ1) is 8.13. The topological polar surface area (TPSA) is 94.5 Å². The highest BCUT2D eigenvalue weighted by Crippen LogP contribution is 2.22. The first-order valence-corrected chi connectivity index (χ1v) is 4.87. The quantitative estimate of drug-likeness (QED) is 0.794. The zero-order valence-electron chi connectivity index (χ0n) is 8.79. The van der Waals surface area contributed by atoms with E-state index < -0.39 is 5.91 Å². The van der Waals surface area contributed by atoms with Gasteiger partial charge in [-0.2, -0.15) is 0 Å². The molecular weight excluding hydrogens is 222 g/mol. The van der Waals surface area contributed by atoms with Crippen molar-refractivity contribution < 1.29 is 4.79 Å². The Kier molecular flexibility index (Phi) is 2.70. The highest BCUT2D eigenvalue weighted by Gasteiger charge is 2.07. The summed E-state index contributed by atoms with van der Waals surface area (Å²) >= 11 is 0. The number of nitroso groups, excluding NO2 is 1. The van der Waals surface area contributed by atoms with Gasteiger partial charge in [-0.1, -0.05) is 6.07 Å². The van der Waals surface area contributed by atoms with Crippen molar-refractivity contribution >= 4 is 22.4 Å². The molecule has 6 nitrogen and oxygen atoms in total. The highest BCUT2D eigenvalue weighted by atomic mass is 16.3. The number of hydrogen-bond donors (Lipinski definition) is 1. The number of benzene rings is 1. The van der Waals surface area contributed by atoms with Gasteiger partial charge in [-0.15, -0.1) is 4.91 Å². The number of pyridine rings is 1. The Hall–Kier alpha value is -2.50. The third-order valence-electron chi connectivity index (χ3n) is 2.42. The molecule has 1 heterocycles. The molecule has 0 aliphatic rings. The second kappa shape index (κ2) is 4.17. The lowest BCUT2D eigenvalue weighted by Gasteiger charge is -2.05. The summed E-state index contributed by atoms with van der Waals surface area (Å²) in [6.45, 7) is -0.187. The predicted molar refractivity (Wildman–Crippen MR) is 62.9 cm³/mol. The smallest absolute Gasteiger partial charge is 0.258 e. The van der Waals surface area contributed by atoms with Crippen molar-refractivity contribution in [2.24, 2.45) is 10.9 Å². The van der Waals surface area contributed by atoms with Crippen molar-refractivity contribution in [1.82, 2.24) is 4.57 Å². The number of amides is 1. The molecule has 17 heavy (non-hydrogen) atoms. The standard InChI is InChI=1S/C11H9N3O3/c12-10(15)6-14-5-4-7-8(11(14)16)2-1-3-9(7)13-17/h1-5H,6H2,(H2,12,15). The summed E-state index contributed by atoms with van der Waals surface area (Å²) in [5.74, 6) is -0.601. The third kappa shape index (κ3) is 1.92. The van der Waals surface area contributed by atoms with E-state index >= 15 is 0 Å². The van der Waals surface area contributed by atoms with Crippen molar-refractivity contribution in [2.75, 3.05) is 0 Å². The summed E-state index contributed by atoms with van der Waals surface area (Å²) in [6.07, 6.45) is 1.42. The average Bonchev–Trinajstić information content (AvgIpc) is 2.31. The monoisotopic (exact) mass is 231 g/mol. The Morgan fingerprint density at radius 2 is 2.06 bits per heavy atom. The maximum absolute atomic E-state index is 11.9. The number of primary amides is 1. The van der Waals surface area contributed by atoms with E-state index in [1.807, 2.05) is 0 Å². The Morgan fingerprint density at radius 3 is 2.71 bits per heavy atom. The van der Waals surface area contributed by atoms with Crippen LogP contribution in [0.15, 0.2) is 40.4 Å². The molecule has 1 aromatic carbocycles. The second-order valence-electron chi connectivity index (χ2n) is 3.54. The molecule has 0 unspecified atom stereocenters. The molecule has 1 aromatic heterocycles. The van der Waals surface area contributed by atoms with Crippen LogP contribution >= 0.6 is 0 Å². The summed E-state index contributed by atoms with van der Waals surface area (Å²) in [6, 6.07) is 6.22. The lowest BCUT2D eigenvalue weighted by atomic mass is 10.1. The molecule has 0 bridgehead atoms. The fourth-order valence-electron chi connectivity index (χ4n) is 1.67. The molecule has 6 heteroatoms. The average molecular weight is 231 g/mol. The predicted octanol–water partition coefficient (Wildman–Crippen LogP) is 0.885. The van der Waals surface area contributed by atoms with Crippen LogP contribution in [0.2, 0.25) is 0 Å². The van der Waals surface area contributed by atoms with Gasteiger partial charge >= 0.3 is 0 Å². The van der Waals surface area contributed by atoms with Gasteiger partial charge in [-0.3, -0.25) is 9.59 Å². The fraction of sp³-hybridized carbons (Fsp3) is 0.0909. The highest BCUT2D eigenvalue weighted by molar-refractivity contribution is 5.91. The van der Waals surface area contributed by atoms with Crippen LogP contribution in [0.4, 0.5) is 5.69 Å². The summed E-state index contributed by atoms with van der Waals surface area (Å²) in [5.41, 5.74) is 4.86. The number of carbonyl (C=O) groups excluding carboxylic acids is 1. The van der Waals surface area contributed by atoms with Gasteiger partial charge < -0.3 is 10.3 Å². The van der Waals surface area contributed by atoms with E-state index in [0.717, 1.165) is 0 Å². The van der Waals surface area contributed by atoms with Crippen molar-refractivity contribution in [3.63, 3.8) is 0 Å². The molecule has 1 amide bonds. The van der Waals surface area contributed by atoms with Crippen LogP contribution in [0.25, 0.3) is 10.8 Å². The molecule has 0 radical (unpaired) electrons. The van der Waals surface area contributed by atoms with Crippen molar-refractivity contribution in [3.8, 4) is 0 Å². The van der Waals surface area contributed by atoms with Crippen LogP contribution in [0.1, 0.15) is 0 Å². The summed E-state index contributed by atoms with van der Waals surface area (Å²) in [4.78, 5) is 33.3. The lowest BCUT2D eigenvalue weighted by molar-refractivity contribution is -0.118. The van der Waals surface area contributed by atoms with Crippen molar-refractivity contribution in [2.45, 2.75) is 6.54 Å². The summed E-state index contributed by atoms with van der Waals surface area (Å²) in [7, 11) is 0. The molecule has 86 valence electrons. The van der Waals surface area contributed by atoms with Crippen LogP contribution in [0, 0.1) is 4.91 Å². The number of nitrogens with two attached hydrogens (primary N) is 1. The molecule has 0 spiro atoms. The van der Waals surface area contributed by atoms with Gasteiger partial charge in [-0.25, -0.2) is 0 Å². The normalized spacial score (nSPS) is 10.4. The molecule has 0 fully saturated rings. The second-order valence-corrected chi connectivity index (χ2v) is 3.54. The van der Waals surface area contributed by atoms with Gasteiger partial charge in [0.15, 0.2) is 0 Å². The van der Waals surface area contributed by atoms with Gasteiger partial charge in [-0.05, 0) is 23.4 Å². The van der Waals surface area contributed by atoms with E-state index in [4.69, 9.17) is 5.73 Å². The molecule has 2 N–H and O–H groups in total. The molecule has 2 aromatic rings. The van der Waals surface area contributed by atoms with Gasteiger partial charge in [0.1, 0.15) is 12.2 Å². The van der Waals surface area contributed by atoms with Crippen molar-refractivity contribution in [1.29, 1.82) is 0 Å². The Balaban J connectivity index is 2.73. The maximum atomic E-state index is 11.9. The van der Waals surface area contributed by atoms with E-state index in [-0.39, 0.29) is 17.8 Å². The Morgan fingerprint density at radius 1 is 1.29 bits per heavy atom. The molecular formula is C11H9N3O3. The van der Waals surface area contributed by atoms with Crippen LogP contribution in [0.3, 0.4) is 0 Å². The number of hydrogen-bond acceptors (Lipinski definition) is 4. The van der Waals surface area contributed by atoms with E-state index in [2.05, 4.69) is 5.18 Å². The minimum atomic E-state index is -0.601. The molecule has 0 saturated carbocycles. The van der Waals surface area contributed by atoms with Crippen LogP contribution < -0.4 is 11.3 Å². The number of carbonyl (C=O) groups is 1. The van der Waals surface area contributed by atoms with Crippen LogP contribution in [-0.2, 0) is 11.3 Å². The summed E-state index contributed by atoms with van der Waals surface area (Å²) < 4.78 is 1.19. The number of fused-ring (bicyclic) bond motifs is 1. The minimum Gasteiger partial charge on any atom is -0.368 e. The lowest BCUT2D eigenvalue weighted by Crippen LogP contribution is -2.27. The van der Waals surface area contributed by atoms with Crippen LogP contribution in [0.5, 0.6) is 0 Å². The minimum absolute atomic E-state index is 0.187. The Bertz CT molecular complexity index is 661. The number of aromatic nitrogens is 1. The number of nitrogens with zero attached hydrogens (tertiary/aromatic N) is 2. The fourth-order valence-corrected chi connectivity index (χ4v) is 1.67. The summed E-state index contributed by atoms with van der Waals surface area (Å²) in [5, 5.41) is 3.65. The molecule has 0 aliphatic carbocycles. The molecule has 0 saturated heterocycles. The van der Waals surface area contributed by atoms with E-state index in [0.29, 0.717) is 10.8 Å². The largest absolute Gasteiger partial charge is 0.368 e. The van der Waals surface area contributed by atoms with Crippen molar-refractivity contribution in [3.05, 3.63) is 45.7 Å². The van der Waals surface area contributed by atoms with E-state index in [1.165, 1.54) is 16.8 Å². The zero-order chi connectivity index (χ0) is 12.4. The molecule has 0 aliphatic heterocycles. The van der Waals surface area contributed by atoms with Gasteiger partial charge in [0.05, 0.1) is 0 Å². The van der Waals surface area contributed by atoms with Gasteiger partial charge in [0.2, 0.25) is 5.91 Å². The maximum Gasteiger partial charge on any atom is 0.258 e. The zero-order valence-corrected chi connectivity index (χ0v) is 8.79. The number of rotatable bonds is 3. The SMILES string of the molecule is NC(=O)Cn1ccc2c(N=O)cccc2c1=O. The third-order valence-corrected chi connectivity index (χ3v) is 2.42. The van der Waals surface area contributed by atoms with E-state index in [1.54, 1.807) is 18.2 Å². The molecule has 2 rings (SSSR count).